The van der Waals surface area contributed by atoms with Crippen LogP contribution in [0.25, 0.3) is 27.5 Å². The van der Waals surface area contributed by atoms with Crippen molar-refractivity contribution in [2.75, 3.05) is 0 Å². The average molecular weight is 563 g/mol. The number of rotatable bonds is 8. The van der Waals surface area contributed by atoms with Gasteiger partial charge in [-0.3, -0.25) is 9.78 Å². The molecule has 1 amide bonds. The second kappa shape index (κ2) is 11.2. The summed E-state index contributed by atoms with van der Waals surface area (Å²) in [7, 11) is 0. The first-order valence-electron chi connectivity index (χ1n) is 11.5. The van der Waals surface area contributed by atoms with Crippen LogP contribution in [-0.2, 0) is 11.2 Å². The molecule has 3 aromatic heterocycles. The van der Waals surface area contributed by atoms with Crippen molar-refractivity contribution < 1.29 is 14.7 Å². The molecule has 0 spiro atoms. The lowest BCUT2D eigenvalue weighted by Gasteiger charge is -2.14. The predicted octanol–water partition coefficient (Wildman–Crippen LogP) is 6.40. The molecule has 0 aliphatic heterocycles. The minimum atomic E-state index is -1.10. The Bertz CT molecular complexity index is 1600. The number of carbonyl (C=O) groups excluding carboxylic acids is 1. The zero-order valence-corrected chi connectivity index (χ0v) is 22.0. The number of pyridine rings is 1. The SMILES string of the molecule is O=C(N[C@@H](Cc1ccccc1)C(=O)O)c1ccc(-c2cc(-c3cccnc3)nn2-c2ccc(Cl)c(Cl)c2)s1. The summed E-state index contributed by atoms with van der Waals surface area (Å²) in [6.45, 7) is 0. The maximum atomic E-state index is 13.0. The van der Waals surface area contributed by atoms with Gasteiger partial charge < -0.3 is 10.4 Å². The summed E-state index contributed by atoms with van der Waals surface area (Å²) in [6.07, 6.45) is 3.59. The van der Waals surface area contributed by atoms with Crippen molar-refractivity contribution in [1.29, 1.82) is 0 Å². The number of amides is 1. The lowest BCUT2D eigenvalue weighted by molar-refractivity contribution is -0.139. The second-order valence-electron chi connectivity index (χ2n) is 8.38. The Morgan fingerprint density at radius 2 is 1.79 bits per heavy atom. The molecule has 0 unspecified atom stereocenters. The van der Waals surface area contributed by atoms with Crippen molar-refractivity contribution >= 4 is 46.4 Å². The van der Waals surface area contributed by atoms with E-state index in [0.29, 0.717) is 26.3 Å². The summed E-state index contributed by atoms with van der Waals surface area (Å²) in [6, 6.07) is 22.5. The number of aliphatic carboxylic acids is 1. The van der Waals surface area contributed by atoms with Gasteiger partial charge in [-0.1, -0.05) is 53.5 Å². The number of nitrogens with one attached hydrogen (secondary N) is 1. The molecule has 38 heavy (non-hydrogen) atoms. The fraction of sp³-hybridized carbons (Fsp3) is 0.0714. The van der Waals surface area contributed by atoms with Crippen LogP contribution in [0.1, 0.15) is 15.2 Å². The molecular weight excluding hydrogens is 543 g/mol. The smallest absolute Gasteiger partial charge is 0.326 e. The van der Waals surface area contributed by atoms with Gasteiger partial charge in [0, 0.05) is 24.4 Å². The molecular formula is C28H20Cl2N4O3S. The lowest BCUT2D eigenvalue weighted by Crippen LogP contribution is -2.42. The van der Waals surface area contributed by atoms with Gasteiger partial charge in [0.1, 0.15) is 6.04 Å². The number of hydrogen-bond donors (Lipinski definition) is 2. The standard InChI is InChI=1S/C28H20Cl2N4O3S/c29-20-9-8-19(14-21(20)30)34-24(15-22(33-34)18-7-4-12-31-16-18)25-10-11-26(38-25)27(35)32-23(28(36)37)13-17-5-2-1-3-6-17/h1-12,14-16,23H,13H2,(H,32,35)(H,36,37)/t23-/m0/s1. The van der Waals surface area contributed by atoms with E-state index in [1.807, 2.05) is 54.6 Å². The molecule has 2 N–H and O–H groups in total. The average Bonchev–Trinajstić information content (AvgIpc) is 3.59. The molecule has 0 bridgehead atoms. The Hall–Kier alpha value is -3.98. The minimum Gasteiger partial charge on any atom is -0.480 e. The van der Waals surface area contributed by atoms with E-state index in [2.05, 4.69) is 10.3 Å². The normalized spacial score (nSPS) is 11.7. The fourth-order valence-corrected chi connectivity index (χ4v) is 5.11. The van der Waals surface area contributed by atoms with E-state index in [1.54, 1.807) is 41.3 Å². The van der Waals surface area contributed by atoms with E-state index in [1.165, 1.54) is 11.3 Å². The molecule has 5 aromatic rings. The molecule has 190 valence electrons. The maximum Gasteiger partial charge on any atom is 0.326 e. The van der Waals surface area contributed by atoms with Crippen LogP contribution in [-0.4, -0.2) is 37.8 Å². The summed E-state index contributed by atoms with van der Waals surface area (Å²) < 4.78 is 1.73. The monoisotopic (exact) mass is 562 g/mol. The van der Waals surface area contributed by atoms with Crippen LogP contribution in [0, 0.1) is 0 Å². The largest absolute Gasteiger partial charge is 0.480 e. The molecule has 0 aliphatic carbocycles. The lowest BCUT2D eigenvalue weighted by atomic mass is 10.1. The van der Waals surface area contributed by atoms with Crippen LogP contribution >= 0.6 is 34.5 Å². The van der Waals surface area contributed by atoms with Gasteiger partial charge in [-0.05, 0) is 54.1 Å². The summed E-state index contributed by atoms with van der Waals surface area (Å²) in [5.74, 6) is -1.56. The highest BCUT2D eigenvalue weighted by Gasteiger charge is 2.23. The number of nitrogens with zero attached hydrogens (tertiary/aromatic N) is 3. The van der Waals surface area contributed by atoms with E-state index in [4.69, 9.17) is 28.3 Å². The summed E-state index contributed by atoms with van der Waals surface area (Å²) >= 11 is 13.6. The van der Waals surface area contributed by atoms with Crippen molar-refractivity contribution in [3.05, 3.63) is 112 Å². The molecule has 0 fully saturated rings. The Balaban J connectivity index is 1.46. The molecule has 0 saturated heterocycles. The van der Waals surface area contributed by atoms with E-state index in [0.717, 1.165) is 21.7 Å². The Morgan fingerprint density at radius 3 is 2.50 bits per heavy atom. The summed E-state index contributed by atoms with van der Waals surface area (Å²) in [4.78, 5) is 30.2. The Labute approximate surface area is 232 Å². The Kier molecular flexibility index (Phi) is 7.55. The van der Waals surface area contributed by atoms with E-state index >= 15 is 0 Å². The van der Waals surface area contributed by atoms with Gasteiger partial charge >= 0.3 is 5.97 Å². The molecule has 5 rings (SSSR count). The summed E-state index contributed by atoms with van der Waals surface area (Å²) in [5, 5.41) is 17.9. The highest BCUT2D eigenvalue weighted by atomic mass is 35.5. The first kappa shape index (κ1) is 25.7. The first-order valence-corrected chi connectivity index (χ1v) is 13.1. The van der Waals surface area contributed by atoms with Crippen LogP contribution in [0.15, 0.2) is 91.3 Å². The van der Waals surface area contributed by atoms with E-state index in [9.17, 15) is 14.7 Å². The van der Waals surface area contributed by atoms with Gasteiger partial charge in [-0.25, -0.2) is 9.48 Å². The maximum absolute atomic E-state index is 13.0. The number of hydrogen-bond acceptors (Lipinski definition) is 5. The molecule has 0 radical (unpaired) electrons. The fourth-order valence-electron chi connectivity index (χ4n) is 3.90. The zero-order chi connectivity index (χ0) is 26.6. The third kappa shape index (κ3) is 5.62. The predicted molar refractivity (Wildman–Crippen MR) is 149 cm³/mol. The number of thiophene rings is 1. The van der Waals surface area contributed by atoms with Gasteiger partial charge in [0.15, 0.2) is 0 Å². The highest BCUT2D eigenvalue weighted by Crippen LogP contribution is 2.34. The number of aromatic nitrogens is 3. The quantitative estimate of drug-likeness (QED) is 0.228. The van der Waals surface area contributed by atoms with E-state index < -0.39 is 17.9 Å². The van der Waals surface area contributed by atoms with Gasteiger partial charge in [0.2, 0.25) is 0 Å². The van der Waals surface area contributed by atoms with Crippen LogP contribution in [0.5, 0.6) is 0 Å². The highest BCUT2D eigenvalue weighted by molar-refractivity contribution is 7.17. The van der Waals surface area contributed by atoms with Crippen LogP contribution < -0.4 is 5.32 Å². The van der Waals surface area contributed by atoms with E-state index in [-0.39, 0.29) is 6.42 Å². The molecule has 10 heteroatoms. The molecule has 7 nitrogen and oxygen atoms in total. The van der Waals surface area contributed by atoms with Crippen LogP contribution in [0.3, 0.4) is 0 Å². The number of benzene rings is 2. The molecule has 0 aliphatic rings. The van der Waals surface area contributed by atoms with Gasteiger partial charge in [-0.2, -0.15) is 5.10 Å². The number of halogens is 2. The van der Waals surface area contributed by atoms with Gasteiger partial charge in [-0.15, -0.1) is 11.3 Å². The first-order chi connectivity index (χ1) is 18.4. The van der Waals surface area contributed by atoms with Crippen molar-refractivity contribution in [2.45, 2.75) is 12.5 Å². The molecule has 0 saturated carbocycles. The third-order valence-electron chi connectivity index (χ3n) is 5.78. The van der Waals surface area contributed by atoms with Crippen molar-refractivity contribution in [1.82, 2.24) is 20.1 Å². The van der Waals surface area contributed by atoms with Crippen molar-refractivity contribution in [3.8, 4) is 27.5 Å². The number of carboxylic acids is 1. The number of carboxylic acid groups (broad SMARTS) is 1. The minimum absolute atomic E-state index is 0.179. The zero-order valence-electron chi connectivity index (χ0n) is 19.7. The van der Waals surface area contributed by atoms with Crippen LogP contribution in [0.4, 0.5) is 0 Å². The molecule has 3 heterocycles. The van der Waals surface area contributed by atoms with Crippen molar-refractivity contribution in [3.63, 3.8) is 0 Å². The van der Waals surface area contributed by atoms with Crippen LogP contribution in [0.2, 0.25) is 10.0 Å². The molecule has 2 aromatic carbocycles. The Morgan fingerprint density at radius 1 is 0.974 bits per heavy atom. The van der Waals surface area contributed by atoms with Gasteiger partial charge in [0.25, 0.3) is 5.91 Å². The van der Waals surface area contributed by atoms with Gasteiger partial charge in [0.05, 0.1) is 36.9 Å². The summed E-state index contributed by atoms with van der Waals surface area (Å²) in [5.41, 5.74) is 3.75. The second-order valence-corrected chi connectivity index (χ2v) is 10.3. The molecule has 1 atom stereocenters. The number of carbonyl (C=O) groups is 2. The topological polar surface area (TPSA) is 97.1 Å². The third-order valence-corrected chi connectivity index (χ3v) is 7.63. The van der Waals surface area contributed by atoms with Crippen molar-refractivity contribution in [2.24, 2.45) is 0 Å².